The molecule has 7 rings (SSSR count). The Hall–Kier alpha value is -2.81. The summed E-state index contributed by atoms with van der Waals surface area (Å²) in [7, 11) is 0. The zero-order valence-corrected chi connectivity index (χ0v) is 34.7. The number of benzene rings is 6. The Balaban J connectivity index is 0.000000595. The van der Waals surface area contributed by atoms with Gasteiger partial charge in [0.15, 0.2) is 8.59 Å². The van der Waals surface area contributed by atoms with Crippen molar-refractivity contribution in [2.24, 2.45) is 0 Å². The largest absolute Gasteiger partial charge is 0.240 e. The first-order chi connectivity index (χ1) is 24.8. The summed E-state index contributed by atoms with van der Waals surface area (Å²) in [5, 5.41) is 0. The van der Waals surface area contributed by atoms with Gasteiger partial charge in [0.2, 0.25) is 13.4 Å². The van der Waals surface area contributed by atoms with Crippen LogP contribution in [0.15, 0.2) is 121 Å². The molecule has 264 valence electrons. The van der Waals surface area contributed by atoms with Gasteiger partial charge in [-0.2, -0.15) is 0 Å². The molecule has 0 spiro atoms. The van der Waals surface area contributed by atoms with Crippen LogP contribution < -0.4 is 32.8 Å². The van der Waals surface area contributed by atoms with Crippen LogP contribution in [0.3, 0.4) is 0 Å². The summed E-state index contributed by atoms with van der Waals surface area (Å²) in [4.78, 5) is 0. The number of hydrogen-bond acceptors (Lipinski definition) is 0. The smallest absolute Gasteiger partial charge is 0.0874 e. The van der Waals surface area contributed by atoms with E-state index in [-0.39, 0.29) is 13.4 Å². The van der Waals surface area contributed by atoms with Crippen LogP contribution in [0.5, 0.6) is 0 Å². The first-order valence-corrected chi connectivity index (χ1v) is 19.8. The van der Waals surface area contributed by atoms with Crippen molar-refractivity contribution in [3.8, 4) is 22.3 Å². The van der Waals surface area contributed by atoms with Crippen molar-refractivity contribution in [1.82, 2.24) is 0 Å². The minimum Gasteiger partial charge on any atom is -0.0874 e. The number of fused-ring (bicyclic) bond motifs is 2. The maximum Gasteiger partial charge on any atom is 0.240 e. The highest BCUT2D eigenvalue weighted by molar-refractivity contribution is 7.11. The second-order valence-corrected chi connectivity index (χ2v) is 17.4. The second-order valence-electron chi connectivity index (χ2n) is 13.4. The molecule has 1 aliphatic heterocycles. The van der Waals surface area contributed by atoms with Gasteiger partial charge < -0.3 is 0 Å². The highest BCUT2D eigenvalue weighted by Gasteiger charge is 2.41. The van der Waals surface area contributed by atoms with Crippen molar-refractivity contribution in [2.45, 2.75) is 50.1 Å². The van der Waals surface area contributed by atoms with Gasteiger partial charge in [0.1, 0.15) is 0 Å². The molecule has 0 radical (unpaired) electrons. The normalized spacial score (nSPS) is 11.7. The summed E-state index contributed by atoms with van der Waals surface area (Å²) in [5.41, 5.74) is 21.7. The molecule has 0 fully saturated rings. The van der Waals surface area contributed by atoms with Crippen molar-refractivity contribution in [1.29, 1.82) is 0 Å². The Kier molecular flexibility index (Phi) is 14.0. The predicted molar refractivity (Wildman–Crippen MR) is 237 cm³/mol. The van der Waals surface area contributed by atoms with Crippen molar-refractivity contribution < 1.29 is 0 Å². The van der Waals surface area contributed by atoms with E-state index in [9.17, 15) is 0 Å². The molecule has 0 amide bonds. The van der Waals surface area contributed by atoms with Gasteiger partial charge in [0.25, 0.3) is 0 Å². The lowest BCUT2D eigenvalue weighted by molar-refractivity contribution is 1.35. The molecule has 1 heterocycles. The van der Waals surface area contributed by atoms with E-state index in [1.54, 1.807) is 0 Å². The van der Waals surface area contributed by atoms with E-state index in [0.717, 1.165) is 0 Å². The standard InChI is InChI=1S/C42H38B2.2CHCl3/c1-27-21-29(3)41(30(4)22-27)43-37-19-17-36(34-15-11-8-12-16-34)26-40(37)44(42-31(5)23-28(2)24-32(42)6)38-20-18-35(25-39(38)43)33-13-9-7-10-14-33;2*2-1(3)4/h7-26H,1-6H3;2*1H. The SMILES string of the molecule is Cc1cc(C)c(B2c3ccc(-c4ccccc4)cc3B(c3c(C)cc(C)cc3C)c3ccc(-c4ccccc4)cc32)c(C)c1.ClC(Cl)Cl.ClC(Cl)Cl. The highest BCUT2D eigenvalue weighted by Crippen LogP contribution is 2.22. The molecule has 0 atom stereocenters. The first-order valence-electron chi connectivity index (χ1n) is 17.1. The minimum absolute atomic E-state index is 0.149. The lowest BCUT2D eigenvalue weighted by Gasteiger charge is -2.35. The highest BCUT2D eigenvalue weighted by atomic mass is 35.6. The fraction of sp³-hybridized carbons (Fsp3) is 0.182. The summed E-state index contributed by atoms with van der Waals surface area (Å²) < 4.78 is -1.50. The number of alkyl halides is 6. The van der Waals surface area contributed by atoms with Gasteiger partial charge >= 0.3 is 0 Å². The topological polar surface area (TPSA) is 0 Å². The molecular formula is C44H40B2Cl6. The zero-order valence-electron chi connectivity index (χ0n) is 30.1. The Morgan fingerprint density at radius 3 is 0.923 bits per heavy atom. The number of hydrogen-bond donors (Lipinski definition) is 0. The van der Waals surface area contributed by atoms with Crippen LogP contribution in [-0.4, -0.2) is 22.0 Å². The van der Waals surface area contributed by atoms with Crippen molar-refractivity contribution >= 4 is 116 Å². The first kappa shape index (κ1) is 40.4. The fourth-order valence-corrected chi connectivity index (χ4v) is 8.05. The van der Waals surface area contributed by atoms with Crippen LogP contribution in [0.1, 0.15) is 33.4 Å². The van der Waals surface area contributed by atoms with Gasteiger partial charge in [-0.1, -0.05) is 257 Å². The molecular weight excluding hydrogens is 763 g/mol. The molecule has 0 saturated heterocycles. The van der Waals surface area contributed by atoms with Gasteiger partial charge in [-0.25, -0.2) is 0 Å². The Bertz CT molecular complexity index is 1940. The van der Waals surface area contributed by atoms with Crippen LogP contribution in [-0.2, 0) is 0 Å². The average molecular weight is 803 g/mol. The van der Waals surface area contributed by atoms with E-state index in [1.807, 2.05) is 0 Å². The Labute approximate surface area is 340 Å². The van der Waals surface area contributed by atoms with E-state index < -0.39 is 8.59 Å². The molecule has 0 aromatic heterocycles. The molecule has 0 aliphatic carbocycles. The molecule has 0 nitrogen and oxygen atoms in total. The monoisotopic (exact) mass is 800 g/mol. The molecule has 0 N–H and O–H groups in total. The van der Waals surface area contributed by atoms with Crippen LogP contribution in [0, 0.1) is 41.5 Å². The number of aryl methyl sites for hydroxylation is 6. The summed E-state index contributed by atoms with van der Waals surface area (Å²) in [6.07, 6.45) is 0. The van der Waals surface area contributed by atoms with Crippen LogP contribution in [0.4, 0.5) is 0 Å². The summed E-state index contributed by atoms with van der Waals surface area (Å²) in [6, 6.07) is 45.7. The quantitative estimate of drug-likeness (QED) is 0.123. The lowest BCUT2D eigenvalue weighted by atomic mass is 9.20. The summed E-state index contributed by atoms with van der Waals surface area (Å²) >= 11 is 28.8. The van der Waals surface area contributed by atoms with Gasteiger partial charge in [0.05, 0.1) is 0 Å². The molecule has 6 aromatic rings. The zero-order chi connectivity index (χ0) is 37.7. The average Bonchev–Trinajstić information content (AvgIpc) is 3.08. The molecule has 52 heavy (non-hydrogen) atoms. The van der Waals surface area contributed by atoms with Gasteiger partial charge in [-0.15, -0.1) is 0 Å². The van der Waals surface area contributed by atoms with Gasteiger partial charge in [0, 0.05) is 0 Å². The fourth-order valence-electron chi connectivity index (χ4n) is 8.05. The van der Waals surface area contributed by atoms with Crippen molar-refractivity contribution in [3.05, 3.63) is 155 Å². The third-order valence-electron chi connectivity index (χ3n) is 9.69. The van der Waals surface area contributed by atoms with Gasteiger partial charge in [-0.3, -0.25) is 0 Å². The van der Waals surface area contributed by atoms with E-state index in [1.165, 1.54) is 88.4 Å². The molecule has 8 heteroatoms. The summed E-state index contributed by atoms with van der Waals surface area (Å²) in [5.74, 6) is 0. The maximum absolute atomic E-state index is 4.81. The molecule has 0 saturated carbocycles. The molecule has 0 bridgehead atoms. The van der Waals surface area contributed by atoms with E-state index in [4.69, 9.17) is 69.6 Å². The number of rotatable bonds is 4. The maximum atomic E-state index is 4.81. The van der Waals surface area contributed by atoms with Crippen LogP contribution >= 0.6 is 69.6 Å². The van der Waals surface area contributed by atoms with Gasteiger partial charge in [-0.05, 0) is 63.8 Å². The molecule has 6 aromatic carbocycles. The van der Waals surface area contributed by atoms with E-state index in [2.05, 4.69) is 163 Å². The van der Waals surface area contributed by atoms with E-state index >= 15 is 0 Å². The minimum atomic E-state index is -0.750. The second kappa shape index (κ2) is 18.0. The third kappa shape index (κ3) is 9.46. The van der Waals surface area contributed by atoms with E-state index in [0.29, 0.717) is 0 Å². The lowest BCUT2D eigenvalue weighted by Crippen LogP contribution is -2.76. The molecule has 1 aliphatic rings. The Morgan fingerprint density at radius 1 is 0.346 bits per heavy atom. The van der Waals surface area contributed by atoms with Crippen molar-refractivity contribution in [2.75, 3.05) is 0 Å². The molecule has 0 unspecified atom stereocenters. The van der Waals surface area contributed by atoms with Crippen LogP contribution in [0.2, 0.25) is 0 Å². The number of halogens is 6. The van der Waals surface area contributed by atoms with Crippen LogP contribution in [0.25, 0.3) is 22.3 Å². The predicted octanol–water partition coefficient (Wildman–Crippen LogP) is 10.2. The van der Waals surface area contributed by atoms with Crippen molar-refractivity contribution in [3.63, 3.8) is 0 Å². The summed E-state index contributed by atoms with van der Waals surface area (Å²) in [6.45, 7) is 13.9. The Morgan fingerprint density at radius 2 is 0.635 bits per heavy atom. The third-order valence-corrected chi connectivity index (χ3v) is 9.69.